The first kappa shape index (κ1) is 12.1. The van der Waals surface area contributed by atoms with Gasteiger partial charge in [0.1, 0.15) is 10.8 Å². The molecule has 0 saturated heterocycles. The molecular weight excluding hydrogens is 314 g/mol. The molecule has 1 aliphatic rings. The van der Waals surface area contributed by atoms with Crippen LogP contribution in [0.15, 0.2) is 28.1 Å². The molecule has 1 aromatic heterocycles. The monoisotopic (exact) mass is 325 g/mol. The van der Waals surface area contributed by atoms with Crippen LogP contribution < -0.4 is 4.74 Å². The van der Waals surface area contributed by atoms with Gasteiger partial charge in [-0.2, -0.15) is 0 Å². The lowest BCUT2D eigenvalue weighted by molar-refractivity contribution is 0.0655. The van der Waals surface area contributed by atoms with Gasteiger partial charge in [-0.05, 0) is 25.1 Å². The topological polar surface area (TPSA) is 42.4 Å². The second kappa shape index (κ2) is 4.64. The first-order valence-corrected chi connectivity index (χ1v) is 7.37. The van der Waals surface area contributed by atoms with Crippen LogP contribution in [0.2, 0.25) is 0 Å². The highest BCUT2D eigenvalue weighted by Gasteiger charge is 2.29. The highest BCUT2D eigenvalue weighted by atomic mass is 79.9. The predicted octanol–water partition coefficient (Wildman–Crippen LogP) is 3.77. The van der Waals surface area contributed by atoms with Gasteiger partial charge in [0.05, 0.1) is 6.10 Å². The van der Waals surface area contributed by atoms with Gasteiger partial charge in [0, 0.05) is 27.5 Å². The van der Waals surface area contributed by atoms with Crippen molar-refractivity contribution in [1.82, 2.24) is 4.98 Å². The molecule has 2 aromatic rings. The van der Waals surface area contributed by atoms with Crippen LogP contribution in [0.3, 0.4) is 0 Å². The van der Waals surface area contributed by atoms with Crippen LogP contribution >= 0.6 is 27.3 Å². The van der Waals surface area contributed by atoms with Crippen molar-refractivity contribution < 1.29 is 9.84 Å². The summed E-state index contributed by atoms with van der Waals surface area (Å²) in [7, 11) is 0. The Kier molecular flexibility index (Phi) is 3.13. The van der Waals surface area contributed by atoms with Gasteiger partial charge >= 0.3 is 0 Å². The van der Waals surface area contributed by atoms with E-state index in [1.54, 1.807) is 11.3 Å². The summed E-state index contributed by atoms with van der Waals surface area (Å²) < 4.78 is 6.88. The molecule has 94 valence electrons. The molecule has 0 bridgehead atoms. The third kappa shape index (κ3) is 2.18. The number of ether oxygens (including phenoxy) is 1. The molecule has 0 amide bonds. The number of thiazole rings is 1. The molecule has 3 nitrogen and oxygen atoms in total. The van der Waals surface area contributed by atoms with Crippen molar-refractivity contribution >= 4 is 27.3 Å². The lowest BCUT2D eigenvalue weighted by Crippen LogP contribution is -2.18. The van der Waals surface area contributed by atoms with E-state index < -0.39 is 6.10 Å². The summed E-state index contributed by atoms with van der Waals surface area (Å²) in [6, 6.07) is 5.71. The number of benzene rings is 1. The minimum atomic E-state index is -0.500. The summed E-state index contributed by atoms with van der Waals surface area (Å²) in [6.07, 6.45) is -0.0935. The zero-order valence-corrected chi connectivity index (χ0v) is 12.2. The van der Waals surface area contributed by atoms with Crippen LogP contribution in [-0.2, 0) is 0 Å². The van der Waals surface area contributed by atoms with Crippen molar-refractivity contribution in [2.45, 2.75) is 25.6 Å². The Bertz CT molecular complexity index is 584. The summed E-state index contributed by atoms with van der Waals surface area (Å²) in [5.74, 6) is 0.745. The van der Waals surface area contributed by atoms with Crippen molar-refractivity contribution in [3.05, 3.63) is 44.3 Å². The molecule has 1 aliphatic heterocycles. The number of hydrogen-bond acceptors (Lipinski definition) is 4. The summed E-state index contributed by atoms with van der Waals surface area (Å²) in [6.45, 7) is 1.96. The van der Waals surface area contributed by atoms with Crippen LogP contribution in [0, 0.1) is 6.92 Å². The summed E-state index contributed by atoms with van der Waals surface area (Å²) in [5.41, 5.74) is 1.84. The van der Waals surface area contributed by atoms with E-state index in [9.17, 15) is 5.11 Å². The van der Waals surface area contributed by atoms with E-state index in [1.165, 1.54) is 0 Å². The van der Waals surface area contributed by atoms with E-state index in [-0.39, 0.29) is 6.10 Å². The predicted molar refractivity (Wildman–Crippen MR) is 73.9 cm³/mol. The maximum Gasteiger partial charge on any atom is 0.153 e. The number of hydrogen-bond donors (Lipinski definition) is 1. The van der Waals surface area contributed by atoms with E-state index in [2.05, 4.69) is 20.9 Å². The van der Waals surface area contributed by atoms with Crippen molar-refractivity contribution in [2.75, 3.05) is 0 Å². The van der Waals surface area contributed by atoms with Gasteiger partial charge in [-0.3, -0.25) is 0 Å². The Hall–Kier alpha value is -0.910. The van der Waals surface area contributed by atoms with E-state index >= 15 is 0 Å². The third-order valence-electron chi connectivity index (χ3n) is 2.95. The zero-order chi connectivity index (χ0) is 12.7. The molecule has 0 saturated carbocycles. The molecule has 2 atom stereocenters. The number of halogens is 1. The number of aliphatic hydroxyl groups is 1. The van der Waals surface area contributed by atoms with Crippen LogP contribution in [0.4, 0.5) is 0 Å². The normalized spacial score (nSPS) is 22.4. The lowest BCUT2D eigenvalue weighted by Gasteiger charge is -2.28. The molecule has 0 radical (unpaired) electrons. The smallest absolute Gasteiger partial charge is 0.153 e. The molecule has 0 fully saturated rings. The second-order valence-corrected chi connectivity index (χ2v) is 6.17. The molecule has 1 aromatic carbocycles. The first-order chi connectivity index (χ1) is 8.63. The zero-order valence-electron chi connectivity index (χ0n) is 9.76. The van der Waals surface area contributed by atoms with Gasteiger partial charge in [-0.1, -0.05) is 15.9 Å². The first-order valence-electron chi connectivity index (χ1n) is 5.69. The summed E-state index contributed by atoms with van der Waals surface area (Å²) >= 11 is 4.98. The fourth-order valence-electron chi connectivity index (χ4n) is 2.09. The molecule has 1 unspecified atom stereocenters. The van der Waals surface area contributed by atoms with Gasteiger partial charge in [0.15, 0.2) is 6.10 Å². The van der Waals surface area contributed by atoms with Gasteiger partial charge in [-0.15, -0.1) is 11.3 Å². The van der Waals surface area contributed by atoms with Gasteiger partial charge < -0.3 is 9.84 Å². The Labute approximate surface area is 118 Å². The fraction of sp³-hybridized carbons (Fsp3) is 0.308. The summed E-state index contributed by atoms with van der Waals surface area (Å²) in [5, 5.41) is 13.1. The maximum atomic E-state index is 10.2. The van der Waals surface area contributed by atoms with E-state index in [0.717, 1.165) is 26.5 Å². The average Bonchev–Trinajstić information content (AvgIpc) is 2.77. The molecule has 5 heteroatoms. The van der Waals surface area contributed by atoms with Crippen molar-refractivity contribution in [2.24, 2.45) is 0 Å². The number of aryl methyl sites for hydroxylation is 1. The molecule has 3 rings (SSSR count). The molecule has 2 heterocycles. The van der Waals surface area contributed by atoms with Crippen LogP contribution in [-0.4, -0.2) is 10.1 Å². The minimum absolute atomic E-state index is 0.146. The van der Waals surface area contributed by atoms with Crippen molar-refractivity contribution in [1.29, 1.82) is 0 Å². The Morgan fingerprint density at radius 1 is 1.50 bits per heavy atom. The van der Waals surface area contributed by atoms with Crippen molar-refractivity contribution in [3.8, 4) is 5.75 Å². The second-order valence-electron chi connectivity index (χ2n) is 4.37. The number of rotatable bonds is 1. The fourth-order valence-corrected chi connectivity index (χ4v) is 3.31. The average molecular weight is 326 g/mol. The summed E-state index contributed by atoms with van der Waals surface area (Å²) in [4.78, 5) is 4.43. The molecule has 0 spiro atoms. The van der Waals surface area contributed by atoms with Crippen molar-refractivity contribution in [3.63, 3.8) is 0 Å². The van der Waals surface area contributed by atoms with Gasteiger partial charge in [0.25, 0.3) is 0 Å². The maximum absolute atomic E-state index is 10.2. The lowest BCUT2D eigenvalue weighted by atomic mass is 9.99. The standard InChI is InChI=1S/C13H12BrNO2S/c1-7-6-18-13(15-7)12-5-10(16)9-4-8(14)2-3-11(9)17-12/h2-4,6,10,12,16H,5H2,1H3/t10-,12?/m0/s1. The highest BCUT2D eigenvalue weighted by molar-refractivity contribution is 9.10. The van der Waals surface area contributed by atoms with Crippen LogP contribution in [0.25, 0.3) is 0 Å². The van der Waals surface area contributed by atoms with Crippen LogP contribution in [0.5, 0.6) is 5.75 Å². The van der Waals surface area contributed by atoms with E-state index in [1.807, 2.05) is 30.5 Å². The van der Waals surface area contributed by atoms with E-state index in [4.69, 9.17) is 4.74 Å². The highest BCUT2D eigenvalue weighted by Crippen LogP contribution is 2.42. The third-order valence-corrected chi connectivity index (χ3v) is 4.50. The minimum Gasteiger partial charge on any atom is -0.483 e. The van der Waals surface area contributed by atoms with Gasteiger partial charge in [-0.25, -0.2) is 4.98 Å². The van der Waals surface area contributed by atoms with Gasteiger partial charge in [0.2, 0.25) is 0 Å². The number of nitrogens with zero attached hydrogens (tertiary/aromatic N) is 1. The molecule has 1 N–H and O–H groups in total. The molecule has 0 aliphatic carbocycles. The Morgan fingerprint density at radius 2 is 2.33 bits per heavy atom. The SMILES string of the molecule is Cc1csc(C2C[C@H](O)c3cc(Br)ccc3O2)n1. The molecule has 18 heavy (non-hydrogen) atoms. The quantitative estimate of drug-likeness (QED) is 0.867. The largest absolute Gasteiger partial charge is 0.483 e. The Morgan fingerprint density at radius 3 is 3.06 bits per heavy atom. The number of aliphatic hydroxyl groups excluding tert-OH is 1. The van der Waals surface area contributed by atoms with E-state index in [0.29, 0.717) is 6.42 Å². The number of aromatic nitrogens is 1. The van der Waals surface area contributed by atoms with Crippen LogP contribution in [0.1, 0.15) is 34.9 Å². The Balaban J connectivity index is 1.94. The molecular formula is C13H12BrNO2S. The number of fused-ring (bicyclic) bond motifs is 1.